The van der Waals surface area contributed by atoms with Crippen LogP contribution in [0.5, 0.6) is 0 Å². The van der Waals surface area contributed by atoms with E-state index in [9.17, 15) is 4.79 Å². The molecule has 0 unspecified atom stereocenters. The van der Waals surface area contributed by atoms with E-state index in [0.717, 1.165) is 22.6 Å². The van der Waals surface area contributed by atoms with Crippen LogP contribution >= 0.6 is 0 Å². The molecule has 0 aliphatic heterocycles. The Morgan fingerprint density at radius 3 is 2.68 bits per heavy atom. The Morgan fingerprint density at radius 1 is 1.18 bits per heavy atom. The van der Waals surface area contributed by atoms with Crippen molar-refractivity contribution < 1.29 is 9.53 Å². The van der Waals surface area contributed by atoms with Crippen molar-refractivity contribution in [2.24, 2.45) is 0 Å². The van der Waals surface area contributed by atoms with Crippen LogP contribution in [0, 0.1) is 6.92 Å². The maximum Gasteiger partial charge on any atom is 0.311 e. The first-order valence-electron chi connectivity index (χ1n) is 7.37. The molecule has 0 saturated heterocycles. The minimum absolute atomic E-state index is 0.179. The van der Waals surface area contributed by atoms with Gasteiger partial charge in [0.25, 0.3) is 0 Å². The highest BCUT2D eigenvalue weighted by Gasteiger charge is 2.17. The Balaban J connectivity index is 2.12. The van der Waals surface area contributed by atoms with Crippen LogP contribution in [0.2, 0.25) is 0 Å². The molecule has 0 radical (unpaired) electrons. The highest BCUT2D eigenvalue weighted by molar-refractivity contribution is 5.77. The largest absolute Gasteiger partial charge is 0.466 e. The number of ether oxygens (including phenoxy) is 1. The van der Waals surface area contributed by atoms with Gasteiger partial charge >= 0.3 is 5.97 Å². The summed E-state index contributed by atoms with van der Waals surface area (Å²) in [5, 5.41) is 0. The summed E-state index contributed by atoms with van der Waals surface area (Å²) in [6.07, 6.45) is 2.14. The second-order valence-electron chi connectivity index (χ2n) is 5.18. The number of fused-ring (bicyclic) bond motifs is 1. The molecule has 0 fully saturated rings. The topological polar surface area (TPSA) is 43.6 Å². The molecule has 0 N–H and O–H groups in total. The number of pyridine rings is 1. The zero-order chi connectivity index (χ0) is 15.5. The number of aryl methyl sites for hydroxylation is 1. The van der Waals surface area contributed by atoms with Gasteiger partial charge in [0.1, 0.15) is 5.65 Å². The Hall–Kier alpha value is -2.62. The van der Waals surface area contributed by atoms with Crippen molar-refractivity contribution in [3.8, 4) is 11.3 Å². The van der Waals surface area contributed by atoms with Crippen LogP contribution in [0.25, 0.3) is 16.9 Å². The summed E-state index contributed by atoms with van der Waals surface area (Å²) in [7, 11) is 0. The van der Waals surface area contributed by atoms with Crippen LogP contribution in [-0.2, 0) is 16.0 Å². The van der Waals surface area contributed by atoms with Crippen molar-refractivity contribution in [2.45, 2.75) is 20.3 Å². The molecule has 112 valence electrons. The van der Waals surface area contributed by atoms with Crippen molar-refractivity contribution in [3.63, 3.8) is 0 Å². The molecule has 3 aromatic rings. The second-order valence-corrected chi connectivity index (χ2v) is 5.18. The van der Waals surface area contributed by atoms with Crippen LogP contribution in [-0.4, -0.2) is 22.0 Å². The molecule has 0 spiro atoms. The molecule has 0 bridgehead atoms. The van der Waals surface area contributed by atoms with E-state index in [1.807, 2.05) is 35.7 Å². The third-order valence-corrected chi connectivity index (χ3v) is 3.54. The Morgan fingerprint density at radius 2 is 1.95 bits per heavy atom. The third-order valence-electron chi connectivity index (χ3n) is 3.54. The van der Waals surface area contributed by atoms with E-state index in [-0.39, 0.29) is 12.4 Å². The molecule has 22 heavy (non-hydrogen) atoms. The third kappa shape index (κ3) is 2.72. The molecular formula is C18H18N2O2. The Kier molecular flexibility index (Phi) is 3.92. The van der Waals surface area contributed by atoms with E-state index >= 15 is 0 Å². The molecule has 0 amide bonds. The molecule has 1 aromatic carbocycles. The molecule has 0 aliphatic carbocycles. The first-order chi connectivity index (χ1) is 10.7. The van der Waals surface area contributed by atoms with Gasteiger partial charge in [0.2, 0.25) is 0 Å². The summed E-state index contributed by atoms with van der Waals surface area (Å²) in [6.45, 7) is 4.24. The number of hydrogen-bond acceptors (Lipinski definition) is 3. The minimum Gasteiger partial charge on any atom is -0.466 e. The fraction of sp³-hybridized carbons (Fsp3) is 0.222. The number of carbonyl (C=O) groups is 1. The van der Waals surface area contributed by atoms with Crippen molar-refractivity contribution in [3.05, 3.63) is 59.9 Å². The van der Waals surface area contributed by atoms with Crippen LogP contribution in [0.1, 0.15) is 18.2 Å². The van der Waals surface area contributed by atoms with Crippen LogP contribution in [0.4, 0.5) is 0 Å². The molecular weight excluding hydrogens is 276 g/mol. The van der Waals surface area contributed by atoms with E-state index in [4.69, 9.17) is 4.74 Å². The maximum atomic E-state index is 11.9. The van der Waals surface area contributed by atoms with Gasteiger partial charge < -0.3 is 4.74 Å². The average Bonchev–Trinajstić information content (AvgIpc) is 2.86. The lowest BCUT2D eigenvalue weighted by molar-refractivity contribution is -0.142. The number of hydrogen-bond donors (Lipinski definition) is 0. The molecule has 0 aliphatic rings. The van der Waals surface area contributed by atoms with Gasteiger partial charge in [0.15, 0.2) is 0 Å². The first-order valence-corrected chi connectivity index (χ1v) is 7.37. The number of aromatic nitrogens is 2. The minimum atomic E-state index is -0.251. The van der Waals surface area contributed by atoms with E-state index in [0.29, 0.717) is 6.61 Å². The fourth-order valence-corrected chi connectivity index (χ4v) is 2.53. The van der Waals surface area contributed by atoms with E-state index < -0.39 is 0 Å². The predicted molar refractivity (Wildman–Crippen MR) is 85.7 cm³/mol. The quantitative estimate of drug-likeness (QED) is 0.693. The first kappa shape index (κ1) is 14.3. The van der Waals surface area contributed by atoms with Gasteiger partial charge in [-0.2, -0.15) is 0 Å². The standard InChI is InChI=1S/C18H18N2O2/c1-3-22-17(21)12-15-18(14-9-7-13(2)8-10-14)20-11-5-4-6-16(20)19-15/h4-11H,3,12H2,1-2H3. The zero-order valence-electron chi connectivity index (χ0n) is 12.7. The zero-order valence-corrected chi connectivity index (χ0v) is 12.7. The monoisotopic (exact) mass is 294 g/mol. The second kappa shape index (κ2) is 6.02. The van der Waals surface area contributed by atoms with Gasteiger partial charge in [0, 0.05) is 11.8 Å². The smallest absolute Gasteiger partial charge is 0.311 e. The average molecular weight is 294 g/mol. The normalized spacial score (nSPS) is 10.8. The molecule has 3 rings (SSSR count). The Labute approximate surface area is 129 Å². The fourth-order valence-electron chi connectivity index (χ4n) is 2.53. The van der Waals surface area contributed by atoms with Gasteiger partial charge in [0.05, 0.1) is 24.4 Å². The van der Waals surface area contributed by atoms with Gasteiger partial charge in [-0.25, -0.2) is 4.98 Å². The van der Waals surface area contributed by atoms with Crippen LogP contribution < -0.4 is 0 Å². The van der Waals surface area contributed by atoms with Crippen molar-refractivity contribution in [1.82, 2.24) is 9.38 Å². The number of imidazole rings is 1. The highest BCUT2D eigenvalue weighted by Crippen LogP contribution is 2.26. The summed E-state index contributed by atoms with van der Waals surface area (Å²) in [4.78, 5) is 16.5. The number of carbonyl (C=O) groups excluding carboxylic acids is 1. The van der Waals surface area contributed by atoms with Crippen LogP contribution in [0.3, 0.4) is 0 Å². The SMILES string of the molecule is CCOC(=O)Cc1nc2ccccn2c1-c1ccc(C)cc1. The number of nitrogens with zero attached hydrogens (tertiary/aromatic N) is 2. The van der Waals surface area contributed by atoms with E-state index in [2.05, 4.69) is 36.2 Å². The van der Waals surface area contributed by atoms with Gasteiger partial charge in [-0.05, 0) is 26.0 Å². The molecule has 2 aromatic heterocycles. The summed E-state index contributed by atoms with van der Waals surface area (Å²) in [5.41, 5.74) is 4.77. The summed E-state index contributed by atoms with van der Waals surface area (Å²) in [6, 6.07) is 14.1. The molecule has 0 saturated carbocycles. The van der Waals surface area contributed by atoms with E-state index in [1.165, 1.54) is 5.56 Å². The van der Waals surface area contributed by atoms with Gasteiger partial charge in [-0.15, -0.1) is 0 Å². The predicted octanol–water partition coefficient (Wildman–Crippen LogP) is 3.42. The highest BCUT2D eigenvalue weighted by atomic mass is 16.5. The summed E-state index contributed by atoms with van der Waals surface area (Å²) >= 11 is 0. The lowest BCUT2D eigenvalue weighted by atomic mass is 10.1. The van der Waals surface area contributed by atoms with Crippen molar-refractivity contribution in [1.29, 1.82) is 0 Å². The molecule has 4 nitrogen and oxygen atoms in total. The lowest BCUT2D eigenvalue weighted by Gasteiger charge is -2.06. The Bertz CT molecular complexity index is 804. The number of benzene rings is 1. The molecule has 4 heteroatoms. The van der Waals surface area contributed by atoms with Gasteiger partial charge in [-0.3, -0.25) is 9.20 Å². The number of rotatable bonds is 4. The van der Waals surface area contributed by atoms with Crippen LogP contribution in [0.15, 0.2) is 48.7 Å². The summed E-state index contributed by atoms with van der Waals surface area (Å²) < 4.78 is 7.08. The van der Waals surface area contributed by atoms with Crippen molar-refractivity contribution >= 4 is 11.6 Å². The maximum absolute atomic E-state index is 11.9. The molecule has 2 heterocycles. The lowest BCUT2D eigenvalue weighted by Crippen LogP contribution is -2.08. The van der Waals surface area contributed by atoms with Gasteiger partial charge in [-0.1, -0.05) is 35.9 Å². The van der Waals surface area contributed by atoms with Crippen molar-refractivity contribution in [2.75, 3.05) is 6.61 Å². The van der Waals surface area contributed by atoms with E-state index in [1.54, 1.807) is 0 Å². The summed E-state index contributed by atoms with van der Waals surface area (Å²) in [5.74, 6) is -0.251. The molecule has 0 atom stereocenters. The number of esters is 1.